The van der Waals surface area contributed by atoms with E-state index in [1.54, 1.807) is 24.7 Å². The molecule has 186 valence electrons. The molecule has 0 radical (unpaired) electrons. The Morgan fingerprint density at radius 1 is 1.05 bits per heavy atom. The van der Waals surface area contributed by atoms with Gasteiger partial charge in [0.1, 0.15) is 12.1 Å². The molecule has 0 atom stereocenters. The van der Waals surface area contributed by atoms with Crippen LogP contribution in [0.15, 0.2) is 84.2 Å². The number of fused-ring (bicyclic) bond motifs is 3. The van der Waals surface area contributed by atoms with E-state index in [0.29, 0.717) is 18.7 Å². The molecule has 2 heterocycles. The number of pyridine rings is 1. The summed E-state index contributed by atoms with van der Waals surface area (Å²) in [5.41, 5.74) is 5.35. The number of alkyl halides is 3. The maximum atomic E-state index is 12.4. The highest BCUT2D eigenvalue weighted by molar-refractivity contribution is 7.80. The highest BCUT2D eigenvalue weighted by Crippen LogP contribution is 2.28. The maximum absolute atomic E-state index is 12.4. The first-order chi connectivity index (χ1) is 17.8. The smallest absolute Gasteiger partial charge is 0.406 e. The van der Waals surface area contributed by atoms with E-state index in [0.717, 1.165) is 43.5 Å². The van der Waals surface area contributed by atoms with Gasteiger partial charge in [-0.25, -0.2) is 4.98 Å². The molecule has 0 spiro atoms. The summed E-state index contributed by atoms with van der Waals surface area (Å²) in [6.07, 6.45) is 1.13. The minimum atomic E-state index is -4.73. The summed E-state index contributed by atoms with van der Waals surface area (Å²) in [6.45, 7) is 2.46. The first-order valence-corrected chi connectivity index (χ1v) is 11.9. The first kappa shape index (κ1) is 24.6. The average Bonchev–Trinajstić information content (AvgIpc) is 3.29. The molecular weight excluding hydrogens is 497 g/mol. The third-order valence-corrected chi connectivity index (χ3v) is 6.17. The SMILES string of the molecule is Cc1cccnc1CC(=S)CN=Cc1ccc2c(ccc3c2ncn3-c2ccc(OC(F)(F)F)cc2)c1. The largest absolute Gasteiger partial charge is 0.573 e. The van der Waals surface area contributed by atoms with Crippen LogP contribution in [0.25, 0.3) is 27.5 Å². The van der Waals surface area contributed by atoms with E-state index in [9.17, 15) is 13.2 Å². The Hall–Kier alpha value is -4.11. The molecule has 9 heteroatoms. The van der Waals surface area contributed by atoms with Gasteiger partial charge in [0.15, 0.2) is 0 Å². The summed E-state index contributed by atoms with van der Waals surface area (Å²) in [7, 11) is 0. The molecular formula is C28H21F3N4OS. The molecule has 37 heavy (non-hydrogen) atoms. The summed E-state index contributed by atoms with van der Waals surface area (Å²) in [6, 6.07) is 19.5. The number of aliphatic imine (C=N–C) groups is 1. The van der Waals surface area contributed by atoms with Gasteiger partial charge in [0.25, 0.3) is 0 Å². The van der Waals surface area contributed by atoms with Gasteiger partial charge in [-0.05, 0) is 65.9 Å². The van der Waals surface area contributed by atoms with Crippen molar-refractivity contribution in [3.8, 4) is 11.4 Å². The molecule has 0 aliphatic heterocycles. The van der Waals surface area contributed by atoms with Crippen LogP contribution in [-0.2, 0) is 6.42 Å². The predicted molar refractivity (Wildman–Crippen MR) is 143 cm³/mol. The van der Waals surface area contributed by atoms with Crippen molar-refractivity contribution in [2.45, 2.75) is 19.7 Å². The summed E-state index contributed by atoms with van der Waals surface area (Å²) >= 11 is 5.49. The molecule has 0 amide bonds. The quantitative estimate of drug-likeness (QED) is 0.175. The average molecular weight is 519 g/mol. The molecule has 0 N–H and O–H groups in total. The summed E-state index contributed by atoms with van der Waals surface area (Å²) < 4.78 is 43.1. The van der Waals surface area contributed by atoms with Crippen LogP contribution in [0.2, 0.25) is 0 Å². The number of halogens is 3. The minimum Gasteiger partial charge on any atom is -0.406 e. The van der Waals surface area contributed by atoms with E-state index >= 15 is 0 Å². The van der Waals surface area contributed by atoms with Crippen LogP contribution in [0.4, 0.5) is 13.2 Å². The number of benzene rings is 3. The molecule has 0 unspecified atom stereocenters. The maximum Gasteiger partial charge on any atom is 0.573 e. The van der Waals surface area contributed by atoms with Crippen molar-refractivity contribution in [1.82, 2.24) is 14.5 Å². The van der Waals surface area contributed by atoms with Gasteiger partial charge in [-0.15, -0.1) is 13.2 Å². The van der Waals surface area contributed by atoms with Gasteiger partial charge in [-0.2, -0.15) is 0 Å². The van der Waals surface area contributed by atoms with Gasteiger partial charge >= 0.3 is 6.36 Å². The second kappa shape index (κ2) is 10.1. The Kier molecular flexibility index (Phi) is 6.71. The summed E-state index contributed by atoms with van der Waals surface area (Å²) in [5.74, 6) is -0.270. The lowest BCUT2D eigenvalue weighted by atomic mass is 10.1. The number of hydrogen-bond acceptors (Lipinski definition) is 5. The van der Waals surface area contributed by atoms with Crippen LogP contribution in [-0.4, -0.2) is 38.5 Å². The molecule has 0 aliphatic carbocycles. The normalized spacial score (nSPS) is 12.0. The Bertz CT molecular complexity index is 1620. The molecule has 0 bridgehead atoms. The van der Waals surface area contributed by atoms with Crippen LogP contribution in [0.5, 0.6) is 5.75 Å². The van der Waals surface area contributed by atoms with Crippen molar-refractivity contribution in [3.63, 3.8) is 0 Å². The highest BCUT2D eigenvalue weighted by Gasteiger charge is 2.31. The standard InChI is InChI=1S/C28H21F3N4OS/c1-18-3-2-12-33-25(18)14-23(37)16-32-15-19-4-10-24-20(13-19)5-11-26-27(24)34-17-35(26)21-6-8-22(9-7-21)36-28(29,30)31/h2-13,15,17H,14,16H2,1H3. The minimum absolute atomic E-state index is 0.270. The fraction of sp³-hybridized carbons (Fsp3) is 0.143. The molecule has 2 aromatic heterocycles. The topological polar surface area (TPSA) is 52.3 Å². The zero-order valence-corrected chi connectivity index (χ0v) is 20.6. The molecule has 0 saturated carbocycles. The Labute approximate surface area is 216 Å². The van der Waals surface area contributed by atoms with Crippen molar-refractivity contribution in [3.05, 3.63) is 96.1 Å². The number of thiocarbonyl (C=S) groups is 1. The van der Waals surface area contributed by atoms with Gasteiger partial charge in [-0.1, -0.05) is 36.5 Å². The zero-order chi connectivity index (χ0) is 26.0. The van der Waals surface area contributed by atoms with E-state index in [4.69, 9.17) is 12.2 Å². The molecule has 0 saturated heterocycles. The van der Waals surface area contributed by atoms with Crippen LogP contribution < -0.4 is 4.74 Å². The van der Waals surface area contributed by atoms with Crippen molar-refractivity contribution in [2.75, 3.05) is 6.54 Å². The van der Waals surface area contributed by atoms with Gasteiger partial charge in [0.05, 0.1) is 17.6 Å². The number of aromatic nitrogens is 3. The Morgan fingerprint density at radius 2 is 1.86 bits per heavy atom. The van der Waals surface area contributed by atoms with Crippen LogP contribution in [0.1, 0.15) is 16.8 Å². The van der Waals surface area contributed by atoms with Gasteiger partial charge in [0, 0.05) is 40.5 Å². The fourth-order valence-corrected chi connectivity index (χ4v) is 4.33. The number of aryl methyl sites for hydroxylation is 1. The van der Waals surface area contributed by atoms with Crippen molar-refractivity contribution in [1.29, 1.82) is 0 Å². The number of rotatable bonds is 7. The lowest BCUT2D eigenvalue weighted by Crippen LogP contribution is -2.17. The fourth-order valence-electron chi connectivity index (χ4n) is 4.12. The predicted octanol–water partition coefficient (Wildman–Crippen LogP) is 6.81. The van der Waals surface area contributed by atoms with Crippen molar-refractivity contribution in [2.24, 2.45) is 4.99 Å². The molecule has 5 nitrogen and oxygen atoms in total. The van der Waals surface area contributed by atoms with Crippen LogP contribution in [0.3, 0.4) is 0 Å². The third-order valence-electron chi connectivity index (χ3n) is 5.89. The van der Waals surface area contributed by atoms with E-state index in [2.05, 4.69) is 19.7 Å². The lowest BCUT2D eigenvalue weighted by molar-refractivity contribution is -0.274. The number of imidazole rings is 1. The van der Waals surface area contributed by atoms with Crippen molar-refractivity contribution >= 4 is 45.1 Å². The van der Waals surface area contributed by atoms with E-state index in [1.165, 1.54) is 12.1 Å². The molecule has 5 rings (SSSR count). The Balaban J connectivity index is 1.32. The first-order valence-electron chi connectivity index (χ1n) is 11.4. The number of ether oxygens (including phenoxy) is 1. The molecule has 3 aromatic carbocycles. The molecule has 0 aliphatic rings. The monoisotopic (exact) mass is 518 g/mol. The van der Waals surface area contributed by atoms with Crippen LogP contribution >= 0.6 is 12.2 Å². The van der Waals surface area contributed by atoms with E-state index < -0.39 is 6.36 Å². The second-order valence-electron chi connectivity index (χ2n) is 8.52. The highest BCUT2D eigenvalue weighted by atomic mass is 32.1. The van der Waals surface area contributed by atoms with E-state index in [-0.39, 0.29) is 5.75 Å². The zero-order valence-electron chi connectivity index (χ0n) is 19.7. The van der Waals surface area contributed by atoms with Gasteiger partial charge < -0.3 is 4.74 Å². The summed E-state index contributed by atoms with van der Waals surface area (Å²) in [4.78, 5) is 14.3. The second-order valence-corrected chi connectivity index (χ2v) is 9.10. The lowest BCUT2D eigenvalue weighted by Gasteiger charge is -2.10. The van der Waals surface area contributed by atoms with E-state index in [1.807, 2.05) is 60.2 Å². The molecule has 0 fully saturated rings. The van der Waals surface area contributed by atoms with Gasteiger partial charge in [-0.3, -0.25) is 14.5 Å². The number of hydrogen-bond donors (Lipinski definition) is 0. The van der Waals surface area contributed by atoms with Gasteiger partial charge in [0.2, 0.25) is 0 Å². The molecule has 5 aromatic rings. The Morgan fingerprint density at radius 3 is 2.62 bits per heavy atom. The van der Waals surface area contributed by atoms with Crippen molar-refractivity contribution < 1.29 is 17.9 Å². The third kappa shape index (κ3) is 5.67. The summed E-state index contributed by atoms with van der Waals surface area (Å²) in [5, 5.41) is 1.97. The number of nitrogens with zero attached hydrogens (tertiary/aromatic N) is 4. The van der Waals surface area contributed by atoms with Crippen LogP contribution in [0, 0.1) is 6.92 Å².